The number of benzene rings is 1. The molecule has 1 aromatic carbocycles. The Kier molecular flexibility index (Phi) is 8.52. The molecule has 151 valence electrons. The van der Waals surface area contributed by atoms with Gasteiger partial charge in [-0.1, -0.05) is 60.8 Å². The van der Waals surface area contributed by atoms with Gasteiger partial charge in [0.05, 0.1) is 0 Å². The summed E-state index contributed by atoms with van der Waals surface area (Å²) in [5.74, 6) is 0.164. The van der Waals surface area contributed by atoms with Crippen LogP contribution in [0.2, 0.25) is 0 Å². The van der Waals surface area contributed by atoms with E-state index in [1.54, 1.807) is 12.1 Å². The molecule has 1 radical (unpaired) electrons. The zero-order valence-electron chi connectivity index (χ0n) is 17.9. The Morgan fingerprint density at radius 2 is 1.48 bits per heavy atom. The van der Waals surface area contributed by atoms with E-state index in [-0.39, 0.29) is 22.5 Å². The van der Waals surface area contributed by atoms with Crippen LogP contribution < -0.4 is 5.32 Å². The Hall–Kier alpha value is -1.84. The maximum absolute atomic E-state index is 12.8. The molecule has 0 bridgehead atoms. The summed E-state index contributed by atoms with van der Waals surface area (Å²) in [6.45, 7) is 13.0. The van der Waals surface area contributed by atoms with Crippen molar-refractivity contribution in [1.82, 2.24) is 5.32 Å². The lowest BCUT2D eigenvalue weighted by Crippen LogP contribution is -2.31. The number of phenolic OH excluding ortho intramolecular Hbond substituents is 1. The van der Waals surface area contributed by atoms with Gasteiger partial charge in [-0.2, -0.15) is 0 Å². The molecule has 4 nitrogen and oxygen atoms in total. The van der Waals surface area contributed by atoms with E-state index in [9.17, 15) is 14.7 Å². The third-order valence-corrected chi connectivity index (χ3v) is 4.67. The Morgan fingerprint density at radius 1 is 0.926 bits per heavy atom. The molecule has 27 heavy (non-hydrogen) atoms. The van der Waals surface area contributed by atoms with Crippen LogP contribution in [0.4, 0.5) is 0 Å². The quantitative estimate of drug-likeness (QED) is 0.586. The highest BCUT2D eigenvalue weighted by molar-refractivity contribution is 5.96. The van der Waals surface area contributed by atoms with Crippen molar-refractivity contribution in [2.24, 2.45) is 0 Å². The van der Waals surface area contributed by atoms with Gasteiger partial charge in [-0.05, 0) is 41.4 Å². The van der Waals surface area contributed by atoms with E-state index in [1.165, 1.54) is 0 Å². The van der Waals surface area contributed by atoms with E-state index < -0.39 is 0 Å². The van der Waals surface area contributed by atoms with E-state index in [0.717, 1.165) is 43.2 Å². The first-order chi connectivity index (χ1) is 12.5. The molecule has 0 aromatic heterocycles. The summed E-state index contributed by atoms with van der Waals surface area (Å²) in [5.41, 5.74) is 1.88. The lowest BCUT2D eigenvalue weighted by molar-refractivity contribution is 0.0950. The molecule has 1 amide bonds. The van der Waals surface area contributed by atoms with E-state index >= 15 is 0 Å². The third kappa shape index (κ3) is 7.00. The molecule has 1 rings (SSSR count). The second-order valence-electron chi connectivity index (χ2n) is 9.30. The van der Waals surface area contributed by atoms with Gasteiger partial charge in [-0.25, -0.2) is 0 Å². The Labute approximate surface area is 164 Å². The van der Waals surface area contributed by atoms with Crippen LogP contribution >= 0.6 is 0 Å². The summed E-state index contributed by atoms with van der Waals surface area (Å²) in [6, 6.07) is 3.37. The fourth-order valence-corrected chi connectivity index (χ4v) is 3.47. The van der Waals surface area contributed by atoms with Crippen LogP contribution in [0.5, 0.6) is 5.75 Å². The van der Waals surface area contributed by atoms with Crippen molar-refractivity contribution in [3.05, 3.63) is 28.8 Å². The molecule has 0 heterocycles. The Morgan fingerprint density at radius 3 is 2.04 bits per heavy atom. The summed E-state index contributed by atoms with van der Waals surface area (Å²) in [7, 11) is 0. The number of amides is 1. The fourth-order valence-electron chi connectivity index (χ4n) is 3.47. The van der Waals surface area contributed by atoms with Crippen LogP contribution in [0.1, 0.15) is 102 Å². The fraction of sp³-hybridized carbons (Fsp3) is 0.652. The monoisotopic (exact) mass is 374 g/mol. The number of nitrogens with one attached hydrogen (secondary N) is 1. The van der Waals surface area contributed by atoms with Gasteiger partial charge in [-0.3, -0.25) is 9.59 Å². The average molecular weight is 375 g/mol. The number of phenols is 1. The standard InChI is InChI=1S/C23H36NO3/c1-22(2,3)19-17(13-14-18(26)20(19)23(4,5)6)21(27)24-15-11-9-7-8-10-12-16-25/h13-14,26H,7-12,15H2,1-6H3,(H,24,27). The van der Waals surface area contributed by atoms with E-state index in [1.807, 2.05) is 6.29 Å². The Bertz CT molecular complexity index is 636. The molecule has 1 aromatic rings. The van der Waals surface area contributed by atoms with Gasteiger partial charge in [0.1, 0.15) is 5.75 Å². The molecule has 0 atom stereocenters. The first-order valence-electron chi connectivity index (χ1n) is 10.00. The van der Waals surface area contributed by atoms with Crippen molar-refractivity contribution < 1.29 is 14.7 Å². The van der Waals surface area contributed by atoms with Crippen molar-refractivity contribution in [2.45, 2.75) is 90.9 Å². The highest BCUT2D eigenvalue weighted by atomic mass is 16.3. The zero-order chi connectivity index (χ0) is 20.7. The summed E-state index contributed by atoms with van der Waals surface area (Å²) < 4.78 is 0. The number of hydrogen-bond donors (Lipinski definition) is 2. The molecular weight excluding hydrogens is 338 g/mol. The predicted octanol–water partition coefficient (Wildman–Crippen LogP) is 5.17. The van der Waals surface area contributed by atoms with Gasteiger partial charge in [0.25, 0.3) is 5.91 Å². The SMILES string of the molecule is CC(C)(C)c1c(O)ccc(C(=O)NCCCCCCC[C]=O)c1C(C)(C)C. The van der Waals surface area contributed by atoms with Crippen molar-refractivity contribution in [1.29, 1.82) is 0 Å². The van der Waals surface area contributed by atoms with Crippen LogP contribution in [-0.4, -0.2) is 23.8 Å². The molecule has 0 spiro atoms. The summed E-state index contributed by atoms with van der Waals surface area (Å²) in [4.78, 5) is 23.0. The van der Waals surface area contributed by atoms with Crippen molar-refractivity contribution in [3.63, 3.8) is 0 Å². The van der Waals surface area contributed by atoms with E-state index in [4.69, 9.17) is 0 Å². The maximum Gasteiger partial charge on any atom is 0.251 e. The molecule has 4 heteroatoms. The number of aromatic hydroxyl groups is 1. The van der Waals surface area contributed by atoms with Gasteiger partial charge in [0, 0.05) is 24.1 Å². The highest BCUT2D eigenvalue weighted by Crippen LogP contribution is 2.41. The van der Waals surface area contributed by atoms with Gasteiger partial charge in [0.2, 0.25) is 0 Å². The number of unbranched alkanes of at least 4 members (excludes halogenated alkanes) is 5. The van der Waals surface area contributed by atoms with E-state index in [2.05, 4.69) is 46.9 Å². The van der Waals surface area contributed by atoms with Gasteiger partial charge < -0.3 is 10.4 Å². The van der Waals surface area contributed by atoms with Crippen LogP contribution in [-0.2, 0) is 15.6 Å². The largest absolute Gasteiger partial charge is 0.508 e. The van der Waals surface area contributed by atoms with E-state index in [0.29, 0.717) is 18.5 Å². The third-order valence-electron chi connectivity index (χ3n) is 4.67. The number of hydrogen-bond acceptors (Lipinski definition) is 3. The predicted molar refractivity (Wildman–Crippen MR) is 111 cm³/mol. The molecular formula is C23H36NO3. The molecule has 0 saturated carbocycles. The molecule has 0 aliphatic carbocycles. The van der Waals surface area contributed by atoms with Crippen LogP contribution in [0.15, 0.2) is 12.1 Å². The van der Waals surface area contributed by atoms with Gasteiger partial charge in [0.15, 0.2) is 6.29 Å². The number of carbonyl (C=O) groups is 1. The molecule has 0 fully saturated rings. The normalized spacial score (nSPS) is 12.1. The van der Waals surface area contributed by atoms with Crippen LogP contribution in [0.3, 0.4) is 0 Å². The summed E-state index contributed by atoms with van der Waals surface area (Å²) >= 11 is 0. The summed E-state index contributed by atoms with van der Waals surface area (Å²) in [5, 5.41) is 13.5. The Balaban J connectivity index is 2.84. The maximum atomic E-state index is 12.8. The molecule has 2 N–H and O–H groups in total. The average Bonchev–Trinajstić information content (AvgIpc) is 2.54. The number of rotatable bonds is 9. The highest BCUT2D eigenvalue weighted by Gasteiger charge is 2.32. The minimum Gasteiger partial charge on any atom is -0.508 e. The molecule has 0 aliphatic rings. The molecule has 0 unspecified atom stereocenters. The molecule has 0 aliphatic heterocycles. The second-order valence-corrected chi connectivity index (χ2v) is 9.30. The smallest absolute Gasteiger partial charge is 0.251 e. The van der Waals surface area contributed by atoms with Crippen molar-refractivity contribution in [2.75, 3.05) is 6.54 Å². The van der Waals surface area contributed by atoms with Gasteiger partial charge >= 0.3 is 0 Å². The lowest BCUT2D eigenvalue weighted by Gasteiger charge is -2.32. The summed E-state index contributed by atoms with van der Waals surface area (Å²) in [6.07, 6.45) is 7.39. The van der Waals surface area contributed by atoms with Crippen molar-refractivity contribution >= 4 is 12.2 Å². The minimum absolute atomic E-state index is 0.0824. The number of carbonyl (C=O) groups excluding carboxylic acids is 2. The first kappa shape index (κ1) is 23.2. The topological polar surface area (TPSA) is 66.4 Å². The molecule has 0 saturated heterocycles. The van der Waals surface area contributed by atoms with Crippen LogP contribution in [0.25, 0.3) is 0 Å². The zero-order valence-corrected chi connectivity index (χ0v) is 17.9. The minimum atomic E-state index is -0.262. The van der Waals surface area contributed by atoms with Crippen LogP contribution in [0, 0.1) is 0 Å². The lowest BCUT2D eigenvalue weighted by atomic mass is 9.72. The first-order valence-corrected chi connectivity index (χ1v) is 10.00. The van der Waals surface area contributed by atoms with Crippen molar-refractivity contribution in [3.8, 4) is 5.75 Å². The van der Waals surface area contributed by atoms with Gasteiger partial charge in [-0.15, -0.1) is 0 Å². The second kappa shape index (κ2) is 9.91.